The topological polar surface area (TPSA) is 26.3 Å². The van der Waals surface area contributed by atoms with Gasteiger partial charge < -0.3 is 4.74 Å². The van der Waals surface area contributed by atoms with Gasteiger partial charge in [0.2, 0.25) is 0 Å². The molecule has 1 atom stereocenters. The highest BCUT2D eigenvalue weighted by molar-refractivity contribution is 9.10. The number of halogens is 3. The number of carbonyl (C=O) groups is 1. The van der Waals surface area contributed by atoms with Crippen LogP contribution >= 0.6 is 15.9 Å². The van der Waals surface area contributed by atoms with E-state index >= 15 is 0 Å². The van der Waals surface area contributed by atoms with Gasteiger partial charge in [0.15, 0.2) is 11.6 Å². The molecule has 1 aromatic carbocycles. The van der Waals surface area contributed by atoms with E-state index in [0.29, 0.717) is 10.9 Å². The molecule has 5 heteroatoms. The zero-order chi connectivity index (χ0) is 11.7. The molecule has 1 heterocycles. The molecule has 1 fully saturated rings. The average molecular weight is 291 g/mol. The molecule has 0 radical (unpaired) electrons. The lowest BCUT2D eigenvalue weighted by Crippen LogP contribution is -2.20. The van der Waals surface area contributed by atoms with Crippen LogP contribution in [0.2, 0.25) is 0 Å². The molecule has 16 heavy (non-hydrogen) atoms. The van der Waals surface area contributed by atoms with Gasteiger partial charge in [-0.1, -0.05) is 15.9 Å². The summed E-state index contributed by atoms with van der Waals surface area (Å²) >= 11 is 3.08. The third-order valence-corrected chi connectivity index (χ3v) is 2.94. The van der Waals surface area contributed by atoms with E-state index < -0.39 is 17.7 Å². The summed E-state index contributed by atoms with van der Waals surface area (Å²) in [6.45, 7) is 0.261. The van der Waals surface area contributed by atoms with Gasteiger partial charge in [-0.3, -0.25) is 4.79 Å². The van der Waals surface area contributed by atoms with Gasteiger partial charge in [-0.05, 0) is 12.1 Å². The van der Waals surface area contributed by atoms with E-state index in [4.69, 9.17) is 4.74 Å². The molecule has 1 saturated heterocycles. The Hall–Kier alpha value is -0.810. The van der Waals surface area contributed by atoms with Crippen LogP contribution in [0.1, 0.15) is 24.5 Å². The first-order valence-corrected chi connectivity index (χ1v) is 5.65. The Morgan fingerprint density at radius 3 is 2.81 bits per heavy atom. The molecule has 0 bridgehead atoms. The van der Waals surface area contributed by atoms with Crippen LogP contribution < -0.4 is 0 Å². The van der Waals surface area contributed by atoms with Crippen molar-refractivity contribution in [3.8, 4) is 0 Å². The smallest absolute Gasteiger partial charge is 0.164 e. The highest BCUT2D eigenvalue weighted by Gasteiger charge is 2.25. The molecule has 0 spiro atoms. The monoisotopic (exact) mass is 290 g/mol. The van der Waals surface area contributed by atoms with Crippen molar-refractivity contribution < 1.29 is 18.3 Å². The van der Waals surface area contributed by atoms with E-state index in [1.807, 2.05) is 0 Å². The number of hydrogen-bond donors (Lipinski definition) is 0. The molecule has 1 aliphatic rings. The Morgan fingerprint density at radius 1 is 1.38 bits per heavy atom. The minimum atomic E-state index is -0.942. The van der Waals surface area contributed by atoms with Gasteiger partial charge in [-0.25, -0.2) is 8.78 Å². The Labute approximate surface area is 99.7 Å². The molecule has 0 saturated carbocycles. The summed E-state index contributed by atoms with van der Waals surface area (Å²) in [7, 11) is 0. The van der Waals surface area contributed by atoms with Crippen molar-refractivity contribution in [1.82, 2.24) is 0 Å². The standard InChI is InChI=1S/C11H9BrF2O2/c12-6-3-8(11(14)9(13)4-6)10-5-7(15)1-2-16-10/h3-4,10H,1-2,5H2. The van der Waals surface area contributed by atoms with Crippen LogP contribution in [0.3, 0.4) is 0 Å². The highest BCUT2D eigenvalue weighted by Crippen LogP contribution is 2.31. The van der Waals surface area contributed by atoms with Crippen molar-refractivity contribution in [2.24, 2.45) is 0 Å². The molecule has 0 aliphatic carbocycles. The Bertz CT molecular complexity index is 434. The van der Waals surface area contributed by atoms with Crippen molar-refractivity contribution in [2.75, 3.05) is 6.61 Å². The van der Waals surface area contributed by atoms with E-state index in [1.54, 1.807) is 0 Å². The summed E-state index contributed by atoms with van der Waals surface area (Å²) in [4.78, 5) is 11.2. The Morgan fingerprint density at radius 2 is 2.12 bits per heavy atom. The van der Waals surface area contributed by atoms with Gasteiger partial charge in [-0.2, -0.15) is 0 Å². The van der Waals surface area contributed by atoms with Crippen LogP contribution in [0.25, 0.3) is 0 Å². The van der Waals surface area contributed by atoms with E-state index in [0.717, 1.165) is 6.07 Å². The van der Waals surface area contributed by atoms with Crippen molar-refractivity contribution in [1.29, 1.82) is 0 Å². The van der Waals surface area contributed by atoms with Gasteiger partial charge in [0.25, 0.3) is 0 Å². The molecule has 1 aromatic rings. The van der Waals surface area contributed by atoms with Crippen LogP contribution in [0.4, 0.5) is 8.78 Å². The van der Waals surface area contributed by atoms with Crippen LogP contribution in [0.15, 0.2) is 16.6 Å². The lowest BCUT2D eigenvalue weighted by Gasteiger charge is -2.22. The fraction of sp³-hybridized carbons (Fsp3) is 0.364. The summed E-state index contributed by atoms with van der Waals surface area (Å²) in [5.74, 6) is -1.87. The Kier molecular flexibility index (Phi) is 3.35. The summed E-state index contributed by atoms with van der Waals surface area (Å²) < 4.78 is 32.4. The van der Waals surface area contributed by atoms with E-state index in [2.05, 4.69) is 15.9 Å². The number of carbonyl (C=O) groups excluding carboxylic acids is 1. The van der Waals surface area contributed by atoms with Gasteiger partial charge >= 0.3 is 0 Å². The number of Topliss-reactive ketones (excluding diaryl/α,β-unsaturated/α-hetero) is 1. The Balaban J connectivity index is 2.35. The van der Waals surface area contributed by atoms with Crippen molar-refractivity contribution in [3.05, 3.63) is 33.8 Å². The largest absolute Gasteiger partial charge is 0.372 e. The predicted octanol–water partition coefficient (Wildman–Crippen LogP) is 3.15. The summed E-state index contributed by atoms with van der Waals surface area (Å²) in [6, 6.07) is 2.49. The van der Waals surface area contributed by atoms with E-state index in [9.17, 15) is 13.6 Å². The second kappa shape index (κ2) is 4.59. The lowest BCUT2D eigenvalue weighted by atomic mass is 10.00. The minimum absolute atomic E-state index is 0.0102. The number of rotatable bonds is 1. The first-order valence-electron chi connectivity index (χ1n) is 4.85. The molecule has 1 aliphatic heterocycles. The third-order valence-electron chi connectivity index (χ3n) is 2.48. The average Bonchev–Trinajstić information content (AvgIpc) is 2.23. The number of ketones is 1. The molecule has 1 unspecified atom stereocenters. The molecule has 0 amide bonds. The maximum atomic E-state index is 13.5. The van der Waals surface area contributed by atoms with E-state index in [-0.39, 0.29) is 24.4 Å². The molecule has 2 rings (SSSR count). The van der Waals surface area contributed by atoms with Crippen LogP contribution in [0, 0.1) is 11.6 Å². The highest BCUT2D eigenvalue weighted by atomic mass is 79.9. The van der Waals surface area contributed by atoms with Crippen LogP contribution in [-0.2, 0) is 9.53 Å². The molecular weight excluding hydrogens is 282 g/mol. The molecule has 0 aromatic heterocycles. The van der Waals surface area contributed by atoms with Gasteiger partial charge in [0.1, 0.15) is 5.78 Å². The van der Waals surface area contributed by atoms with Crippen molar-refractivity contribution >= 4 is 21.7 Å². The van der Waals surface area contributed by atoms with Crippen molar-refractivity contribution in [2.45, 2.75) is 18.9 Å². The third kappa shape index (κ3) is 2.30. The van der Waals surface area contributed by atoms with Crippen LogP contribution in [0.5, 0.6) is 0 Å². The first kappa shape index (κ1) is 11.7. The van der Waals surface area contributed by atoms with Gasteiger partial charge in [0.05, 0.1) is 12.7 Å². The maximum Gasteiger partial charge on any atom is 0.164 e. The molecule has 86 valence electrons. The number of benzene rings is 1. The first-order chi connectivity index (χ1) is 7.58. The van der Waals surface area contributed by atoms with E-state index in [1.165, 1.54) is 6.07 Å². The summed E-state index contributed by atoms with van der Waals surface area (Å²) in [5, 5.41) is 0. The predicted molar refractivity (Wildman–Crippen MR) is 57.0 cm³/mol. The second-order valence-corrected chi connectivity index (χ2v) is 4.56. The fourth-order valence-electron chi connectivity index (χ4n) is 1.69. The molecule has 2 nitrogen and oxygen atoms in total. The minimum Gasteiger partial charge on any atom is -0.372 e. The number of hydrogen-bond acceptors (Lipinski definition) is 2. The van der Waals surface area contributed by atoms with Gasteiger partial charge in [0, 0.05) is 22.9 Å². The quantitative estimate of drug-likeness (QED) is 0.743. The fourth-order valence-corrected chi connectivity index (χ4v) is 2.14. The zero-order valence-electron chi connectivity index (χ0n) is 8.30. The van der Waals surface area contributed by atoms with Crippen LogP contribution in [-0.4, -0.2) is 12.4 Å². The molecular formula is C11H9BrF2O2. The SMILES string of the molecule is O=C1CCOC(c2cc(Br)cc(F)c2F)C1. The lowest BCUT2D eigenvalue weighted by molar-refractivity contribution is -0.128. The zero-order valence-corrected chi connectivity index (χ0v) is 9.89. The number of ether oxygens (including phenoxy) is 1. The van der Waals surface area contributed by atoms with Gasteiger partial charge in [-0.15, -0.1) is 0 Å². The maximum absolute atomic E-state index is 13.5. The summed E-state index contributed by atoms with van der Waals surface area (Å²) in [5.41, 5.74) is 0.0972. The molecule has 0 N–H and O–H groups in total. The normalized spacial score (nSPS) is 21.2. The summed E-state index contributed by atoms with van der Waals surface area (Å²) in [6.07, 6.45) is -0.227. The second-order valence-electron chi connectivity index (χ2n) is 3.64. The van der Waals surface area contributed by atoms with Crippen molar-refractivity contribution in [3.63, 3.8) is 0 Å².